The van der Waals surface area contributed by atoms with Crippen LogP contribution in [0, 0.1) is 0 Å². The van der Waals surface area contributed by atoms with Crippen molar-refractivity contribution in [3.63, 3.8) is 0 Å². The largest absolute Gasteiger partial charge is 0.872 e. The minimum atomic E-state index is -0.169. The zero-order chi connectivity index (χ0) is 17.3. The van der Waals surface area contributed by atoms with Crippen LogP contribution in [0.25, 0.3) is 0 Å². The van der Waals surface area contributed by atoms with E-state index in [4.69, 9.17) is 0 Å². The summed E-state index contributed by atoms with van der Waals surface area (Å²) in [6.45, 7) is 13.3. The zero-order valence-corrected chi connectivity index (χ0v) is 15.0. The van der Waals surface area contributed by atoms with E-state index in [9.17, 15) is 5.11 Å². The fourth-order valence-corrected chi connectivity index (χ4v) is 2.46. The van der Waals surface area contributed by atoms with Crippen LogP contribution < -0.4 is 10.4 Å². The van der Waals surface area contributed by atoms with Gasteiger partial charge in [0.15, 0.2) is 0 Å². The molecule has 0 atom stereocenters. The molecular formula is C20H27N2O-. The molecule has 2 aromatic rings. The maximum absolute atomic E-state index is 12.9. The van der Waals surface area contributed by atoms with E-state index in [1.807, 2.05) is 24.3 Å². The van der Waals surface area contributed by atoms with Gasteiger partial charge >= 0.3 is 0 Å². The minimum Gasteiger partial charge on any atom is -0.872 e. The van der Waals surface area contributed by atoms with E-state index in [-0.39, 0.29) is 16.6 Å². The molecule has 1 N–H and O–H groups in total. The molecule has 0 fully saturated rings. The number of anilines is 1. The maximum Gasteiger partial charge on any atom is 0.126 e. The quantitative estimate of drug-likeness (QED) is 0.916. The third kappa shape index (κ3) is 4.25. The summed E-state index contributed by atoms with van der Waals surface area (Å²) in [4.78, 5) is 4.25. The van der Waals surface area contributed by atoms with Gasteiger partial charge < -0.3 is 10.4 Å². The highest BCUT2D eigenvalue weighted by Gasteiger charge is 2.21. The molecule has 3 heteroatoms. The Balaban J connectivity index is 2.41. The summed E-state index contributed by atoms with van der Waals surface area (Å²) in [6, 6.07) is 9.82. The molecule has 3 nitrogen and oxygen atoms in total. The summed E-state index contributed by atoms with van der Waals surface area (Å²) in [5.74, 6) is 0.916. The number of aromatic nitrogens is 1. The normalized spacial score (nSPS) is 12.3. The van der Waals surface area contributed by atoms with E-state index in [2.05, 4.69) is 57.9 Å². The van der Waals surface area contributed by atoms with Crippen molar-refractivity contribution in [2.45, 2.75) is 58.9 Å². The Hall–Kier alpha value is -2.03. The molecule has 23 heavy (non-hydrogen) atoms. The first-order valence-electron chi connectivity index (χ1n) is 8.09. The van der Waals surface area contributed by atoms with Crippen LogP contribution in [0.5, 0.6) is 5.75 Å². The van der Waals surface area contributed by atoms with Crippen molar-refractivity contribution >= 4 is 5.82 Å². The second-order valence-electron chi connectivity index (χ2n) is 8.08. The van der Waals surface area contributed by atoms with Gasteiger partial charge in [0.1, 0.15) is 5.82 Å². The molecule has 0 amide bonds. The average molecular weight is 311 g/mol. The molecule has 0 aliphatic carbocycles. The highest BCUT2D eigenvalue weighted by Crippen LogP contribution is 2.36. The molecule has 124 valence electrons. The molecule has 1 heterocycles. The zero-order valence-electron chi connectivity index (χ0n) is 15.0. The smallest absolute Gasteiger partial charge is 0.126 e. The summed E-state index contributed by atoms with van der Waals surface area (Å²) in [7, 11) is 0. The molecule has 0 spiro atoms. The first-order valence-corrected chi connectivity index (χ1v) is 8.09. The predicted molar refractivity (Wildman–Crippen MR) is 94.9 cm³/mol. The van der Waals surface area contributed by atoms with E-state index < -0.39 is 0 Å². The van der Waals surface area contributed by atoms with Crippen molar-refractivity contribution < 1.29 is 5.11 Å². The van der Waals surface area contributed by atoms with Gasteiger partial charge in [0.2, 0.25) is 0 Å². The first kappa shape index (κ1) is 17.3. The lowest BCUT2D eigenvalue weighted by Crippen LogP contribution is -2.20. The summed E-state index contributed by atoms with van der Waals surface area (Å²) in [5, 5.41) is 16.1. The lowest BCUT2D eigenvalue weighted by molar-refractivity contribution is -0.271. The van der Waals surface area contributed by atoms with Gasteiger partial charge in [-0.1, -0.05) is 59.7 Å². The number of hydrogen-bond acceptors (Lipinski definition) is 3. The SMILES string of the molecule is CC(C)(C)c1cc(CNc2ccccn2)c([O-])c(C(C)(C)C)c1. The van der Waals surface area contributed by atoms with Gasteiger partial charge in [-0.2, -0.15) is 0 Å². The van der Waals surface area contributed by atoms with Crippen molar-refractivity contribution in [1.29, 1.82) is 0 Å². The molecule has 0 unspecified atom stereocenters. The highest BCUT2D eigenvalue weighted by atomic mass is 16.3. The molecule has 0 radical (unpaired) electrons. The fourth-order valence-electron chi connectivity index (χ4n) is 2.46. The Morgan fingerprint density at radius 3 is 2.22 bits per heavy atom. The van der Waals surface area contributed by atoms with E-state index >= 15 is 0 Å². The van der Waals surface area contributed by atoms with Gasteiger partial charge in [-0.05, 0) is 39.7 Å². The molecule has 0 aliphatic rings. The lowest BCUT2D eigenvalue weighted by Gasteiger charge is -2.32. The standard InChI is InChI=1S/C20H28N2O/c1-19(2,3)15-11-14(13-22-17-9-7-8-10-21-17)18(23)16(12-15)20(4,5)6/h7-12,23H,13H2,1-6H3,(H,21,22)/p-1. The summed E-state index contributed by atoms with van der Waals surface area (Å²) < 4.78 is 0. The van der Waals surface area contributed by atoms with Crippen LogP contribution in [0.2, 0.25) is 0 Å². The number of pyridine rings is 1. The van der Waals surface area contributed by atoms with Gasteiger partial charge in [-0.3, -0.25) is 0 Å². The van der Waals surface area contributed by atoms with Crippen LogP contribution in [-0.4, -0.2) is 4.98 Å². The molecule has 1 aromatic heterocycles. The lowest BCUT2D eigenvalue weighted by atomic mass is 9.79. The van der Waals surface area contributed by atoms with Crippen LogP contribution in [0.4, 0.5) is 5.82 Å². The number of benzene rings is 1. The van der Waals surface area contributed by atoms with Crippen LogP contribution in [0.3, 0.4) is 0 Å². The minimum absolute atomic E-state index is 0.00739. The van der Waals surface area contributed by atoms with Gasteiger partial charge in [0.05, 0.1) is 0 Å². The Morgan fingerprint density at radius 2 is 1.70 bits per heavy atom. The molecule has 0 bridgehead atoms. The Kier molecular flexibility index (Phi) is 4.69. The van der Waals surface area contributed by atoms with Crippen LogP contribution >= 0.6 is 0 Å². The topological polar surface area (TPSA) is 48.0 Å². The molecule has 2 rings (SSSR count). The third-order valence-corrected chi connectivity index (χ3v) is 3.96. The van der Waals surface area contributed by atoms with E-state index in [0.717, 1.165) is 16.9 Å². The number of hydrogen-bond donors (Lipinski definition) is 1. The van der Waals surface area contributed by atoms with E-state index in [1.165, 1.54) is 5.56 Å². The second-order valence-corrected chi connectivity index (χ2v) is 8.08. The number of nitrogens with one attached hydrogen (secondary N) is 1. The van der Waals surface area contributed by atoms with Crippen molar-refractivity contribution in [2.24, 2.45) is 0 Å². The van der Waals surface area contributed by atoms with Crippen LogP contribution in [0.1, 0.15) is 58.2 Å². The first-order chi connectivity index (χ1) is 10.6. The monoisotopic (exact) mass is 311 g/mol. The molecule has 0 saturated carbocycles. The number of nitrogens with zero attached hydrogens (tertiary/aromatic N) is 1. The fraction of sp³-hybridized carbons (Fsp3) is 0.450. The summed E-state index contributed by atoms with van der Waals surface area (Å²) in [5.41, 5.74) is 2.71. The van der Waals surface area contributed by atoms with E-state index in [1.54, 1.807) is 6.20 Å². The third-order valence-electron chi connectivity index (χ3n) is 3.96. The molecule has 0 aliphatic heterocycles. The molecule has 0 saturated heterocycles. The predicted octanol–water partition coefficient (Wildman–Crippen LogP) is 4.36. The second kappa shape index (κ2) is 6.23. The Bertz CT molecular complexity index is 665. The summed E-state index contributed by atoms with van der Waals surface area (Å²) >= 11 is 0. The van der Waals surface area contributed by atoms with Crippen LogP contribution in [-0.2, 0) is 17.4 Å². The van der Waals surface area contributed by atoms with Gasteiger partial charge in [-0.25, -0.2) is 4.98 Å². The van der Waals surface area contributed by atoms with Gasteiger partial charge in [-0.15, -0.1) is 5.75 Å². The van der Waals surface area contributed by atoms with Crippen molar-refractivity contribution in [1.82, 2.24) is 4.98 Å². The number of rotatable bonds is 3. The van der Waals surface area contributed by atoms with Crippen LogP contribution in [0.15, 0.2) is 36.5 Å². The van der Waals surface area contributed by atoms with Crippen molar-refractivity contribution in [3.05, 3.63) is 53.2 Å². The Morgan fingerprint density at radius 1 is 1.00 bits per heavy atom. The molecular weight excluding hydrogens is 284 g/mol. The van der Waals surface area contributed by atoms with Crippen molar-refractivity contribution in [2.75, 3.05) is 5.32 Å². The average Bonchev–Trinajstić information content (AvgIpc) is 2.44. The summed E-state index contributed by atoms with van der Waals surface area (Å²) in [6.07, 6.45) is 1.74. The van der Waals surface area contributed by atoms with E-state index in [0.29, 0.717) is 6.54 Å². The van der Waals surface area contributed by atoms with Gasteiger partial charge in [0, 0.05) is 12.7 Å². The van der Waals surface area contributed by atoms with Crippen molar-refractivity contribution in [3.8, 4) is 5.75 Å². The van der Waals surface area contributed by atoms with Gasteiger partial charge in [0.25, 0.3) is 0 Å². The molecule has 1 aromatic carbocycles. The Labute approximate surface area is 139 Å². The maximum atomic E-state index is 12.9. The highest BCUT2D eigenvalue weighted by molar-refractivity contribution is 5.49.